The van der Waals surface area contributed by atoms with E-state index in [9.17, 15) is 4.39 Å². The zero-order chi connectivity index (χ0) is 18.3. The first-order valence-corrected chi connectivity index (χ1v) is 9.01. The van der Waals surface area contributed by atoms with E-state index in [2.05, 4.69) is 4.98 Å². The lowest BCUT2D eigenvalue weighted by Crippen LogP contribution is -1.92. The lowest BCUT2D eigenvalue weighted by molar-refractivity contribution is 0.630. The van der Waals surface area contributed by atoms with Gasteiger partial charge in [-0.3, -0.25) is 4.98 Å². The average molecular weight is 456 g/mol. The van der Waals surface area contributed by atoms with E-state index in [4.69, 9.17) is 69.6 Å². The predicted octanol–water partition coefficient (Wildman–Crippen LogP) is 8.48. The van der Waals surface area contributed by atoms with Crippen molar-refractivity contribution in [2.75, 3.05) is 0 Å². The Hall–Kier alpha value is -0.740. The highest BCUT2D eigenvalue weighted by molar-refractivity contribution is 6.49. The molecule has 0 saturated heterocycles. The molecule has 0 aliphatic rings. The molecule has 8 heteroatoms. The van der Waals surface area contributed by atoms with Crippen molar-refractivity contribution in [3.8, 4) is 22.4 Å². The first-order chi connectivity index (χ1) is 11.8. The van der Waals surface area contributed by atoms with Gasteiger partial charge in [0.1, 0.15) is 5.82 Å². The van der Waals surface area contributed by atoms with Crippen LogP contribution in [0.1, 0.15) is 0 Å². The topological polar surface area (TPSA) is 12.9 Å². The van der Waals surface area contributed by atoms with Crippen LogP contribution in [0.5, 0.6) is 0 Å². The Morgan fingerprint density at radius 3 is 1.72 bits per heavy atom. The minimum atomic E-state index is -0.549. The van der Waals surface area contributed by atoms with Crippen LogP contribution in [0.4, 0.5) is 4.39 Å². The van der Waals surface area contributed by atoms with Crippen LogP contribution in [0, 0.1) is 5.82 Å². The quantitative estimate of drug-likeness (QED) is 0.353. The van der Waals surface area contributed by atoms with Gasteiger partial charge in [-0.05, 0) is 18.2 Å². The summed E-state index contributed by atoms with van der Waals surface area (Å²) in [5, 5.41) is 1.26. The van der Waals surface area contributed by atoms with Crippen LogP contribution in [-0.2, 0) is 0 Å². The number of benzene rings is 2. The highest BCUT2D eigenvalue weighted by atomic mass is 35.5. The standard InChI is InChI=1S/C17H6Cl6FN/c18-10-3-1-7(14(20)16(10)22)9-6-25-13(5-12(9)24)8-2-4-11(19)17(23)15(8)21/h1-6H. The zero-order valence-corrected chi connectivity index (χ0v) is 16.6. The molecule has 0 aliphatic carbocycles. The maximum absolute atomic E-state index is 14.7. The van der Waals surface area contributed by atoms with E-state index in [0.717, 1.165) is 0 Å². The number of pyridine rings is 1. The highest BCUT2D eigenvalue weighted by Gasteiger charge is 2.17. The summed E-state index contributed by atoms with van der Waals surface area (Å²) in [5.41, 5.74) is 1.33. The van der Waals surface area contributed by atoms with Crippen LogP contribution in [0.3, 0.4) is 0 Å². The molecule has 25 heavy (non-hydrogen) atoms. The fraction of sp³-hybridized carbons (Fsp3) is 0. The number of hydrogen-bond acceptors (Lipinski definition) is 1. The van der Waals surface area contributed by atoms with Gasteiger partial charge in [0.2, 0.25) is 0 Å². The van der Waals surface area contributed by atoms with E-state index in [0.29, 0.717) is 21.8 Å². The molecule has 2 aromatic carbocycles. The summed E-state index contributed by atoms with van der Waals surface area (Å²) in [6, 6.07) is 7.52. The van der Waals surface area contributed by atoms with Crippen molar-refractivity contribution in [2.24, 2.45) is 0 Å². The number of hydrogen-bond donors (Lipinski definition) is 0. The number of nitrogens with zero attached hydrogens (tertiary/aromatic N) is 1. The van der Waals surface area contributed by atoms with Crippen LogP contribution in [0.25, 0.3) is 22.4 Å². The molecule has 0 spiro atoms. The van der Waals surface area contributed by atoms with Crippen molar-refractivity contribution in [1.29, 1.82) is 0 Å². The molecule has 128 valence electrons. The van der Waals surface area contributed by atoms with Crippen LogP contribution in [0.2, 0.25) is 30.1 Å². The molecule has 0 aliphatic heterocycles. The molecule has 1 nitrogen and oxygen atoms in total. The largest absolute Gasteiger partial charge is 0.255 e. The Morgan fingerprint density at radius 1 is 0.640 bits per heavy atom. The Kier molecular flexibility index (Phi) is 5.69. The van der Waals surface area contributed by atoms with Gasteiger partial charge in [0, 0.05) is 29.0 Å². The molecule has 1 heterocycles. The monoisotopic (exact) mass is 453 g/mol. The summed E-state index contributed by atoms with van der Waals surface area (Å²) in [6.07, 6.45) is 1.34. The maximum Gasteiger partial charge on any atom is 0.134 e. The van der Waals surface area contributed by atoms with E-state index < -0.39 is 5.82 Å². The van der Waals surface area contributed by atoms with Gasteiger partial charge in [-0.25, -0.2) is 4.39 Å². The summed E-state index contributed by atoms with van der Waals surface area (Å²) < 4.78 is 14.7. The molecular formula is C17H6Cl6FN. The molecule has 1 aromatic heterocycles. The molecule has 3 rings (SSSR count). The minimum Gasteiger partial charge on any atom is -0.255 e. The van der Waals surface area contributed by atoms with Gasteiger partial charge in [0.15, 0.2) is 0 Å². The number of halogens is 7. The van der Waals surface area contributed by atoms with Crippen molar-refractivity contribution in [3.63, 3.8) is 0 Å². The first kappa shape index (κ1) is 19.0. The average Bonchev–Trinajstić information content (AvgIpc) is 2.58. The van der Waals surface area contributed by atoms with Gasteiger partial charge in [-0.1, -0.05) is 75.7 Å². The zero-order valence-electron chi connectivity index (χ0n) is 12.1. The van der Waals surface area contributed by atoms with Crippen LogP contribution >= 0.6 is 69.6 Å². The molecule has 0 radical (unpaired) electrons. The Labute approximate surface area is 173 Å². The molecular weight excluding hydrogens is 450 g/mol. The van der Waals surface area contributed by atoms with Gasteiger partial charge in [-0.2, -0.15) is 0 Å². The van der Waals surface area contributed by atoms with Crippen molar-refractivity contribution in [2.45, 2.75) is 0 Å². The maximum atomic E-state index is 14.7. The third kappa shape index (κ3) is 3.57. The van der Waals surface area contributed by atoms with Crippen LogP contribution in [0.15, 0.2) is 36.5 Å². The van der Waals surface area contributed by atoms with Crippen molar-refractivity contribution in [3.05, 3.63) is 72.5 Å². The molecule has 0 atom stereocenters. The van der Waals surface area contributed by atoms with E-state index >= 15 is 0 Å². The van der Waals surface area contributed by atoms with Gasteiger partial charge in [0.25, 0.3) is 0 Å². The van der Waals surface area contributed by atoms with Crippen LogP contribution in [-0.4, -0.2) is 4.98 Å². The van der Waals surface area contributed by atoms with Crippen molar-refractivity contribution < 1.29 is 4.39 Å². The minimum absolute atomic E-state index is 0.148. The summed E-state index contributed by atoms with van der Waals surface area (Å²) in [6.45, 7) is 0. The van der Waals surface area contributed by atoms with E-state index in [1.807, 2.05) is 0 Å². The van der Waals surface area contributed by atoms with Gasteiger partial charge >= 0.3 is 0 Å². The second kappa shape index (κ2) is 7.48. The lowest BCUT2D eigenvalue weighted by Gasteiger charge is -2.11. The first-order valence-electron chi connectivity index (χ1n) is 6.74. The fourth-order valence-electron chi connectivity index (χ4n) is 2.23. The summed E-state index contributed by atoms with van der Waals surface area (Å²) >= 11 is 36.2. The number of rotatable bonds is 2. The fourth-order valence-corrected chi connectivity index (χ4v) is 3.50. The molecule has 0 fully saturated rings. The molecule has 0 N–H and O–H groups in total. The van der Waals surface area contributed by atoms with E-state index in [1.165, 1.54) is 18.3 Å². The molecule has 0 unspecified atom stereocenters. The SMILES string of the molecule is Fc1cc(-c2ccc(Cl)c(Cl)c2Cl)ncc1-c1ccc(Cl)c(Cl)c1Cl. The van der Waals surface area contributed by atoms with Crippen molar-refractivity contribution >= 4 is 69.6 Å². The third-order valence-electron chi connectivity index (χ3n) is 3.49. The molecule has 3 aromatic rings. The van der Waals surface area contributed by atoms with Crippen molar-refractivity contribution in [1.82, 2.24) is 4.98 Å². The normalized spacial score (nSPS) is 11.0. The summed E-state index contributed by atoms with van der Waals surface area (Å²) in [5.74, 6) is -0.549. The summed E-state index contributed by atoms with van der Waals surface area (Å²) in [7, 11) is 0. The van der Waals surface area contributed by atoms with Gasteiger partial charge in [0.05, 0.1) is 35.8 Å². The van der Waals surface area contributed by atoms with Gasteiger partial charge < -0.3 is 0 Å². The van der Waals surface area contributed by atoms with E-state index in [-0.39, 0.29) is 30.7 Å². The smallest absolute Gasteiger partial charge is 0.134 e. The highest BCUT2D eigenvalue weighted by Crippen LogP contribution is 2.41. The second-order valence-corrected chi connectivity index (χ2v) is 7.32. The second-order valence-electron chi connectivity index (χ2n) is 5.00. The Morgan fingerprint density at radius 2 is 1.16 bits per heavy atom. The molecule has 0 saturated carbocycles. The Bertz CT molecular complexity index is 989. The molecule has 0 amide bonds. The summed E-state index contributed by atoms with van der Waals surface area (Å²) in [4.78, 5) is 4.25. The van der Waals surface area contributed by atoms with E-state index in [1.54, 1.807) is 18.2 Å². The lowest BCUT2D eigenvalue weighted by atomic mass is 10.0. The third-order valence-corrected chi connectivity index (χ3v) is 6.08. The predicted molar refractivity (Wildman–Crippen MR) is 105 cm³/mol. The Balaban J connectivity index is 2.12. The number of aromatic nitrogens is 1. The van der Waals surface area contributed by atoms with Crippen LogP contribution < -0.4 is 0 Å². The van der Waals surface area contributed by atoms with Gasteiger partial charge in [-0.15, -0.1) is 0 Å². The molecule has 0 bridgehead atoms.